The van der Waals surface area contributed by atoms with Crippen molar-refractivity contribution in [3.8, 4) is 16.9 Å². The Morgan fingerprint density at radius 3 is 2.62 bits per heavy atom. The first-order valence-corrected chi connectivity index (χ1v) is 7.18. The molecule has 0 aliphatic heterocycles. The number of aromatic nitrogens is 2. The van der Waals surface area contributed by atoms with Crippen LogP contribution in [-0.2, 0) is 7.05 Å². The summed E-state index contributed by atoms with van der Waals surface area (Å²) in [4.78, 5) is 4.28. The molecule has 0 saturated carbocycles. The molecule has 0 saturated heterocycles. The van der Waals surface area contributed by atoms with Crippen molar-refractivity contribution >= 4 is 21.8 Å². The summed E-state index contributed by atoms with van der Waals surface area (Å²) in [6, 6.07) is 6.43. The minimum absolute atomic E-state index is 0.0790. The van der Waals surface area contributed by atoms with E-state index >= 15 is 0 Å². The van der Waals surface area contributed by atoms with E-state index in [0.29, 0.717) is 27.9 Å². The van der Waals surface area contributed by atoms with Gasteiger partial charge in [0.05, 0.1) is 16.4 Å². The Morgan fingerprint density at radius 1 is 1.04 bits per heavy atom. The summed E-state index contributed by atoms with van der Waals surface area (Å²) in [5.41, 5.74) is 1.20. The number of nitrogens with zero attached hydrogens (tertiary/aromatic N) is 2. The lowest BCUT2D eigenvalue weighted by Gasteiger charge is -2.09. The summed E-state index contributed by atoms with van der Waals surface area (Å²) < 4.78 is 43.0. The van der Waals surface area contributed by atoms with Crippen LogP contribution in [-0.4, -0.2) is 14.7 Å². The van der Waals surface area contributed by atoms with Crippen LogP contribution in [0.15, 0.2) is 42.7 Å². The van der Waals surface area contributed by atoms with Gasteiger partial charge in [0, 0.05) is 42.0 Å². The fourth-order valence-corrected chi connectivity index (χ4v) is 3.06. The topological polar surface area (TPSA) is 38.0 Å². The summed E-state index contributed by atoms with van der Waals surface area (Å²) in [6.07, 6.45) is 3.00. The van der Waals surface area contributed by atoms with Gasteiger partial charge >= 0.3 is 0 Å². The SMILES string of the molecule is Cn1cc(O)c2cnc3c(-c4cc(F)cc(F)c4F)cccc3c21. The normalized spacial score (nSPS) is 11.5. The quantitative estimate of drug-likeness (QED) is 0.522. The van der Waals surface area contributed by atoms with Crippen molar-refractivity contribution in [2.75, 3.05) is 0 Å². The Balaban J connectivity index is 2.14. The summed E-state index contributed by atoms with van der Waals surface area (Å²) in [5, 5.41) is 11.1. The zero-order valence-electron chi connectivity index (χ0n) is 12.5. The van der Waals surface area contributed by atoms with Crippen LogP contribution in [0.25, 0.3) is 32.9 Å². The number of benzene rings is 2. The molecule has 2 heterocycles. The highest BCUT2D eigenvalue weighted by atomic mass is 19.2. The Morgan fingerprint density at radius 2 is 1.83 bits per heavy atom. The number of para-hydroxylation sites is 1. The molecule has 120 valence electrons. The van der Waals surface area contributed by atoms with Gasteiger partial charge in [-0.1, -0.05) is 18.2 Å². The first-order chi connectivity index (χ1) is 11.5. The molecule has 2 aromatic carbocycles. The van der Waals surface area contributed by atoms with Crippen LogP contribution in [0.5, 0.6) is 5.75 Å². The van der Waals surface area contributed by atoms with Crippen molar-refractivity contribution in [1.82, 2.24) is 9.55 Å². The molecular weight excluding hydrogens is 317 g/mol. The predicted molar refractivity (Wildman–Crippen MR) is 85.2 cm³/mol. The highest BCUT2D eigenvalue weighted by Crippen LogP contribution is 2.36. The first kappa shape index (κ1) is 14.6. The Kier molecular flexibility index (Phi) is 3.03. The van der Waals surface area contributed by atoms with E-state index < -0.39 is 17.5 Å². The Hall–Kier alpha value is -3.02. The number of pyridine rings is 1. The minimum atomic E-state index is -1.25. The van der Waals surface area contributed by atoms with Gasteiger partial charge in [-0.15, -0.1) is 0 Å². The average Bonchev–Trinajstić information content (AvgIpc) is 2.85. The molecule has 4 rings (SSSR count). The van der Waals surface area contributed by atoms with Gasteiger partial charge in [0.1, 0.15) is 11.6 Å². The maximum atomic E-state index is 14.2. The van der Waals surface area contributed by atoms with Crippen molar-refractivity contribution in [2.45, 2.75) is 0 Å². The molecule has 0 bridgehead atoms. The van der Waals surface area contributed by atoms with Crippen molar-refractivity contribution < 1.29 is 18.3 Å². The third-order valence-electron chi connectivity index (χ3n) is 4.10. The monoisotopic (exact) mass is 328 g/mol. The van der Waals surface area contributed by atoms with Crippen molar-refractivity contribution in [1.29, 1.82) is 0 Å². The fraction of sp³-hybridized carbons (Fsp3) is 0.0556. The van der Waals surface area contributed by atoms with E-state index in [-0.39, 0.29) is 16.9 Å². The van der Waals surface area contributed by atoms with Crippen LogP contribution in [0.3, 0.4) is 0 Å². The maximum absolute atomic E-state index is 14.2. The molecular formula is C18H11F3N2O. The van der Waals surface area contributed by atoms with Crippen LogP contribution in [0.2, 0.25) is 0 Å². The van der Waals surface area contributed by atoms with E-state index in [4.69, 9.17) is 0 Å². The molecule has 2 aromatic heterocycles. The predicted octanol–water partition coefficient (Wildman–Crippen LogP) is 4.52. The molecule has 0 aliphatic rings. The second-order valence-electron chi connectivity index (χ2n) is 5.60. The smallest absolute Gasteiger partial charge is 0.166 e. The van der Waals surface area contributed by atoms with Crippen molar-refractivity contribution in [3.05, 3.63) is 60.2 Å². The van der Waals surface area contributed by atoms with Crippen LogP contribution in [0.1, 0.15) is 0 Å². The third kappa shape index (κ3) is 1.96. The highest BCUT2D eigenvalue weighted by molar-refractivity contribution is 6.10. The number of fused-ring (bicyclic) bond motifs is 3. The van der Waals surface area contributed by atoms with Gasteiger partial charge in [-0.25, -0.2) is 13.2 Å². The van der Waals surface area contributed by atoms with Gasteiger partial charge in [-0.3, -0.25) is 4.98 Å². The van der Waals surface area contributed by atoms with E-state index in [1.807, 2.05) is 0 Å². The fourth-order valence-electron chi connectivity index (χ4n) is 3.06. The van der Waals surface area contributed by atoms with Crippen molar-refractivity contribution in [2.24, 2.45) is 7.05 Å². The van der Waals surface area contributed by atoms with E-state index in [9.17, 15) is 18.3 Å². The number of hydrogen-bond acceptors (Lipinski definition) is 2. The van der Waals surface area contributed by atoms with Gasteiger partial charge in [0.15, 0.2) is 11.6 Å². The lowest BCUT2D eigenvalue weighted by Crippen LogP contribution is -1.95. The van der Waals surface area contributed by atoms with E-state index in [1.165, 1.54) is 6.20 Å². The third-order valence-corrected chi connectivity index (χ3v) is 4.10. The number of hydrogen-bond donors (Lipinski definition) is 1. The second kappa shape index (κ2) is 4.99. The standard InChI is InChI=1S/C18H11F3N2O/c1-23-8-15(24)13-7-22-17-10(3-2-4-11(17)18(13)23)12-5-9(19)6-14(20)16(12)21/h2-8,24H,1H3. The van der Waals surface area contributed by atoms with Gasteiger partial charge in [0.2, 0.25) is 0 Å². The summed E-state index contributed by atoms with van der Waals surface area (Å²) in [7, 11) is 1.76. The number of rotatable bonds is 1. The molecule has 6 heteroatoms. The second-order valence-corrected chi connectivity index (χ2v) is 5.60. The molecule has 3 nitrogen and oxygen atoms in total. The Labute approximate surface area is 134 Å². The zero-order valence-corrected chi connectivity index (χ0v) is 12.5. The van der Waals surface area contributed by atoms with E-state index in [1.54, 1.807) is 36.0 Å². The number of aryl methyl sites for hydroxylation is 1. The number of halogens is 3. The van der Waals surface area contributed by atoms with Crippen LogP contribution >= 0.6 is 0 Å². The van der Waals surface area contributed by atoms with Crippen LogP contribution < -0.4 is 0 Å². The number of aromatic hydroxyl groups is 1. The summed E-state index contributed by atoms with van der Waals surface area (Å²) >= 11 is 0. The molecule has 0 spiro atoms. The molecule has 0 radical (unpaired) electrons. The molecule has 4 aromatic rings. The van der Waals surface area contributed by atoms with Gasteiger partial charge in [0.25, 0.3) is 0 Å². The molecule has 24 heavy (non-hydrogen) atoms. The van der Waals surface area contributed by atoms with Crippen LogP contribution in [0, 0.1) is 17.5 Å². The van der Waals surface area contributed by atoms with E-state index in [0.717, 1.165) is 6.07 Å². The van der Waals surface area contributed by atoms with Crippen molar-refractivity contribution in [3.63, 3.8) is 0 Å². The molecule has 0 amide bonds. The average molecular weight is 328 g/mol. The molecule has 0 aliphatic carbocycles. The van der Waals surface area contributed by atoms with Crippen LogP contribution in [0.4, 0.5) is 13.2 Å². The van der Waals surface area contributed by atoms with Gasteiger partial charge < -0.3 is 9.67 Å². The zero-order chi connectivity index (χ0) is 17.0. The molecule has 0 fully saturated rings. The summed E-state index contributed by atoms with van der Waals surface area (Å²) in [5.74, 6) is -3.16. The lowest BCUT2D eigenvalue weighted by atomic mass is 10.00. The lowest BCUT2D eigenvalue weighted by molar-refractivity contribution is 0.479. The largest absolute Gasteiger partial charge is 0.506 e. The molecule has 0 atom stereocenters. The highest BCUT2D eigenvalue weighted by Gasteiger charge is 2.18. The maximum Gasteiger partial charge on any atom is 0.166 e. The first-order valence-electron chi connectivity index (χ1n) is 7.18. The molecule has 0 unspecified atom stereocenters. The Bertz CT molecular complexity index is 1120. The van der Waals surface area contributed by atoms with E-state index in [2.05, 4.69) is 4.98 Å². The molecule has 1 N–H and O–H groups in total. The minimum Gasteiger partial charge on any atom is -0.506 e. The van der Waals surface area contributed by atoms with Gasteiger partial charge in [-0.2, -0.15) is 0 Å². The van der Waals surface area contributed by atoms with Gasteiger partial charge in [-0.05, 0) is 6.07 Å². The summed E-state index contributed by atoms with van der Waals surface area (Å²) in [6.45, 7) is 0.